The molecule has 3 heterocycles. The van der Waals surface area contributed by atoms with Crippen molar-refractivity contribution in [2.24, 2.45) is 11.6 Å². The van der Waals surface area contributed by atoms with Crippen LogP contribution in [-0.4, -0.2) is 48.4 Å². The van der Waals surface area contributed by atoms with Gasteiger partial charge in [-0.2, -0.15) is 0 Å². The molecule has 0 aliphatic carbocycles. The van der Waals surface area contributed by atoms with Crippen molar-refractivity contribution in [3.63, 3.8) is 0 Å². The lowest BCUT2D eigenvalue weighted by Gasteiger charge is -2.24. The zero-order valence-electron chi connectivity index (χ0n) is 15.1. The van der Waals surface area contributed by atoms with Gasteiger partial charge in [-0.1, -0.05) is 0 Å². The Morgan fingerprint density at radius 2 is 1.96 bits per heavy atom. The Balaban J connectivity index is 2.18. The van der Waals surface area contributed by atoms with Crippen LogP contribution in [0.25, 0.3) is 10.9 Å². The summed E-state index contributed by atoms with van der Waals surface area (Å²) in [5.74, 6) is 2.12. The number of fused-ring (bicyclic) bond motifs is 3. The van der Waals surface area contributed by atoms with E-state index in [1.165, 1.54) is 9.47 Å². The number of halogens is 2. The molecule has 28 heavy (non-hydrogen) atoms. The normalized spacial score (nSPS) is 18.8. The summed E-state index contributed by atoms with van der Waals surface area (Å²) >= 11 is 0. The van der Waals surface area contributed by atoms with Crippen molar-refractivity contribution in [3.8, 4) is 0 Å². The highest BCUT2D eigenvalue weighted by molar-refractivity contribution is 6.04. The average molecular weight is 394 g/mol. The van der Waals surface area contributed by atoms with Crippen molar-refractivity contribution in [1.82, 2.24) is 4.57 Å². The van der Waals surface area contributed by atoms with Gasteiger partial charge >= 0.3 is 5.97 Å². The van der Waals surface area contributed by atoms with Crippen LogP contribution in [-0.2, 0) is 6.54 Å². The van der Waals surface area contributed by atoms with Crippen molar-refractivity contribution in [1.29, 1.82) is 0 Å². The van der Waals surface area contributed by atoms with Gasteiger partial charge in [-0.25, -0.2) is 13.6 Å². The van der Waals surface area contributed by atoms with Gasteiger partial charge in [0.2, 0.25) is 5.43 Å². The van der Waals surface area contributed by atoms with Gasteiger partial charge in [0.25, 0.3) is 0 Å². The molecule has 1 fully saturated rings. The first-order valence-corrected chi connectivity index (χ1v) is 8.80. The molecule has 4 rings (SSSR count). The number of carbonyl (C=O) groups is 1. The van der Waals surface area contributed by atoms with Crippen LogP contribution < -0.4 is 32.2 Å². The Morgan fingerprint density at radius 1 is 1.25 bits per heavy atom. The largest absolute Gasteiger partial charge is 0.477 e. The van der Waals surface area contributed by atoms with Crippen LogP contribution in [0.15, 0.2) is 4.79 Å². The van der Waals surface area contributed by atoms with E-state index in [0.29, 0.717) is 19.5 Å². The number of aromatic carboxylic acids is 1. The highest BCUT2D eigenvalue weighted by atomic mass is 19.1. The summed E-state index contributed by atoms with van der Waals surface area (Å²) in [5, 5.41) is 9.15. The summed E-state index contributed by atoms with van der Waals surface area (Å²) in [6, 6.07) is -0.224. The number of nitrogens with two attached hydrogens (primary N) is 2. The number of nitrogens with zero attached hydrogens (tertiary/aromatic N) is 3. The number of benzene rings is 1. The Labute approximate surface area is 158 Å². The number of nitrogen functional groups attached to an aromatic ring is 1. The Kier molecular flexibility index (Phi) is 4.16. The minimum atomic E-state index is -1.47. The molecule has 1 aromatic heterocycles. The molecule has 0 amide bonds. The predicted octanol–water partition coefficient (Wildman–Crippen LogP) is 0.251. The summed E-state index contributed by atoms with van der Waals surface area (Å²) in [4.78, 5) is 27.8. The molecule has 1 unspecified atom stereocenters. The standard InChI is InChI=1S/C17H20F2N6O3/c1-23-4-5-25-13-8(15(26)9(16(23)25)17(27)28)12(22-21)10(18)14(11(13)19)24-3-2-7(20)6-24/h7,22H,2-6,20-21H2,1H3,(H,27,28). The van der Waals surface area contributed by atoms with Crippen molar-refractivity contribution >= 4 is 34.1 Å². The number of rotatable bonds is 3. The summed E-state index contributed by atoms with van der Waals surface area (Å²) in [7, 11) is 1.61. The molecule has 1 saturated heterocycles. The molecule has 0 spiro atoms. The lowest BCUT2D eigenvalue weighted by atomic mass is 10.1. The molecule has 6 N–H and O–H groups in total. The third-order valence-electron chi connectivity index (χ3n) is 5.45. The fourth-order valence-electron chi connectivity index (χ4n) is 4.17. The lowest BCUT2D eigenvalue weighted by Crippen LogP contribution is -2.30. The minimum Gasteiger partial charge on any atom is -0.477 e. The molecule has 2 aliphatic rings. The van der Waals surface area contributed by atoms with Crippen LogP contribution in [0.3, 0.4) is 0 Å². The van der Waals surface area contributed by atoms with Gasteiger partial charge in [-0.05, 0) is 6.42 Å². The number of likely N-dealkylation sites (N-methyl/N-ethyl adjacent to an activating group) is 1. The number of aromatic nitrogens is 1. The number of nitrogens with one attached hydrogen (secondary N) is 1. The van der Waals surface area contributed by atoms with Gasteiger partial charge in [0, 0.05) is 39.3 Å². The number of carboxylic acids is 1. The molecule has 0 bridgehead atoms. The molecule has 2 aromatic rings. The van der Waals surface area contributed by atoms with Crippen LogP contribution >= 0.6 is 0 Å². The number of hydrazine groups is 1. The van der Waals surface area contributed by atoms with E-state index in [1.807, 2.05) is 0 Å². The van der Waals surface area contributed by atoms with Gasteiger partial charge < -0.3 is 30.6 Å². The third kappa shape index (κ3) is 2.36. The summed E-state index contributed by atoms with van der Waals surface area (Å²) in [6.45, 7) is 1.24. The van der Waals surface area contributed by atoms with Crippen LogP contribution in [0.5, 0.6) is 0 Å². The number of hydrogen-bond acceptors (Lipinski definition) is 7. The van der Waals surface area contributed by atoms with Crippen LogP contribution in [0.4, 0.5) is 26.0 Å². The van der Waals surface area contributed by atoms with Gasteiger partial charge in [0.1, 0.15) is 22.8 Å². The van der Waals surface area contributed by atoms with E-state index in [0.717, 1.165) is 0 Å². The second-order valence-electron chi connectivity index (χ2n) is 7.12. The summed E-state index contributed by atoms with van der Waals surface area (Å²) in [6.07, 6.45) is 0.570. The van der Waals surface area contributed by atoms with E-state index in [2.05, 4.69) is 5.43 Å². The maximum Gasteiger partial charge on any atom is 0.343 e. The van der Waals surface area contributed by atoms with E-state index in [1.54, 1.807) is 11.9 Å². The monoisotopic (exact) mass is 394 g/mol. The fourth-order valence-corrected chi connectivity index (χ4v) is 4.17. The number of hydrogen-bond donors (Lipinski definition) is 4. The average Bonchev–Trinajstić information content (AvgIpc) is 3.22. The van der Waals surface area contributed by atoms with Crippen LogP contribution in [0, 0.1) is 11.6 Å². The second kappa shape index (κ2) is 6.31. The molecule has 9 nitrogen and oxygen atoms in total. The fraction of sp³-hybridized carbons (Fsp3) is 0.412. The molecule has 1 aromatic carbocycles. The van der Waals surface area contributed by atoms with E-state index < -0.39 is 39.7 Å². The second-order valence-corrected chi connectivity index (χ2v) is 7.12. The van der Waals surface area contributed by atoms with Gasteiger partial charge in [-0.3, -0.25) is 10.6 Å². The molecular formula is C17H20F2N6O3. The highest BCUT2D eigenvalue weighted by Gasteiger charge is 2.35. The molecule has 11 heteroatoms. The smallest absolute Gasteiger partial charge is 0.343 e. The first-order chi connectivity index (χ1) is 13.3. The molecular weight excluding hydrogens is 374 g/mol. The van der Waals surface area contributed by atoms with Gasteiger partial charge in [0.15, 0.2) is 11.6 Å². The van der Waals surface area contributed by atoms with Crippen molar-refractivity contribution in [3.05, 3.63) is 27.4 Å². The maximum absolute atomic E-state index is 15.6. The third-order valence-corrected chi connectivity index (χ3v) is 5.45. The number of anilines is 3. The Morgan fingerprint density at radius 3 is 2.54 bits per heavy atom. The van der Waals surface area contributed by atoms with Crippen LogP contribution in [0.2, 0.25) is 0 Å². The zero-order chi connectivity index (χ0) is 20.3. The first-order valence-electron chi connectivity index (χ1n) is 8.80. The number of carboxylic acid groups (broad SMARTS) is 1. The molecule has 2 aliphatic heterocycles. The van der Waals surface area contributed by atoms with E-state index >= 15 is 8.78 Å². The van der Waals surface area contributed by atoms with Gasteiger partial charge in [0.05, 0.1) is 10.9 Å². The van der Waals surface area contributed by atoms with E-state index in [4.69, 9.17) is 11.6 Å². The van der Waals surface area contributed by atoms with Gasteiger partial charge in [-0.15, -0.1) is 0 Å². The summed E-state index contributed by atoms with van der Waals surface area (Å²) in [5.41, 5.74) is 5.56. The van der Waals surface area contributed by atoms with Crippen molar-refractivity contribution in [2.75, 3.05) is 41.9 Å². The van der Waals surface area contributed by atoms with Crippen LogP contribution in [0.1, 0.15) is 16.8 Å². The van der Waals surface area contributed by atoms with E-state index in [9.17, 15) is 14.7 Å². The highest BCUT2D eigenvalue weighted by Crippen LogP contribution is 2.40. The van der Waals surface area contributed by atoms with Crippen molar-refractivity contribution < 1.29 is 18.7 Å². The lowest BCUT2D eigenvalue weighted by molar-refractivity contribution is 0.0696. The maximum atomic E-state index is 15.6. The Bertz CT molecular complexity index is 1070. The van der Waals surface area contributed by atoms with E-state index in [-0.39, 0.29) is 36.2 Å². The minimum absolute atomic E-state index is 0.0857. The predicted molar refractivity (Wildman–Crippen MR) is 101 cm³/mol. The topological polar surface area (TPSA) is 130 Å². The Hall–Kier alpha value is -2.92. The first kappa shape index (κ1) is 18.4. The SMILES string of the molecule is CN1CCn2c1c(C(=O)O)c(=O)c1c(NN)c(F)c(N3CCC(N)C3)c(F)c12. The molecule has 0 radical (unpaired) electrons. The molecule has 1 atom stereocenters. The quantitative estimate of drug-likeness (QED) is 0.431. The summed E-state index contributed by atoms with van der Waals surface area (Å²) < 4.78 is 32.2. The van der Waals surface area contributed by atoms with Crippen molar-refractivity contribution in [2.45, 2.75) is 19.0 Å². The molecule has 150 valence electrons. The number of pyridine rings is 1. The molecule has 0 saturated carbocycles. The zero-order valence-corrected chi connectivity index (χ0v) is 15.1.